The van der Waals surface area contributed by atoms with Gasteiger partial charge in [0.2, 0.25) is 6.29 Å². The smallest absolute Gasteiger partial charge is 0.229 e. The lowest BCUT2D eigenvalue weighted by Crippen LogP contribution is -2.66. The Morgan fingerprint density at radius 1 is 0.356 bits per heavy atom. The van der Waals surface area contributed by atoms with Crippen LogP contribution in [0, 0.1) is 0 Å². The molecule has 2 aliphatic heterocycles. The molecule has 0 aromatic heterocycles. The van der Waals surface area contributed by atoms with E-state index in [2.05, 4.69) is 0 Å². The first-order chi connectivity index (χ1) is 36.1. The molecule has 0 spiro atoms. The van der Waals surface area contributed by atoms with Crippen LogP contribution >= 0.6 is 0 Å². The maximum Gasteiger partial charge on any atom is 0.229 e. The van der Waals surface area contributed by atoms with E-state index in [-0.39, 0.29) is 39.6 Å². The summed E-state index contributed by atoms with van der Waals surface area (Å²) in [5.74, 6) is 1.20. The molecule has 73 heavy (non-hydrogen) atoms. The SMILES string of the molecule is COc1ccc(O[C@@H]2O[C@@H](COCc3ccccc3)[C@@H](O[C@@H]3O[C@@H](COCc4ccccc4)[C@H](OCc4ccccc4)[C@H](O)[C@@H]3OCc3ccccc3)[C@H](OCc3ccccc3)[C@@H]2OCc2ccccc2)cc1. The van der Waals surface area contributed by atoms with E-state index in [4.69, 9.17) is 52.1 Å². The van der Waals surface area contributed by atoms with Crippen LogP contribution < -0.4 is 9.47 Å². The number of hydrogen-bond acceptors (Lipinski definition) is 12. The molecule has 0 bridgehead atoms. The summed E-state index contributed by atoms with van der Waals surface area (Å²) in [7, 11) is 1.62. The van der Waals surface area contributed by atoms with Crippen molar-refractivity contribution in [2.45, 2.75) is 101 Å². The number of rotatable bonds is 25. The molecule has 12 heteroatoms. The number of aliphatic hydroxyl groups is 1. The van der Waals surface area contributed by atoms with Gasteiger partial charge in [0.15, 0.2) is 6.29 Å². The first-order valence-corrected chi connectivity index (χ1v) is 24.9. The molecule has 1 N–H and O–H groups in total. The van der Waals surface area contributed by atoms with Crippen molar-refractivity contribution in [2.24, 2.45) is 0 Å². The van der Waals surface area contributed by atoms with Gasteiger partial charge in [0.1, 0.15) is 60.3 Å². The molecule has 0 aliphatic carbocycles. The lowest BCUT2D eigenvalue weighted by Gasteiger charge is -2.49. The molecule has 12 nitrogen and oxygen atoms in total. The zero-order valence-corrected chi connectivity index (χ0v) is 41.0. The zero-order chi connectivity index (χ0) is 49.9. The fourth-order valence-electron chi connectivity index (χ4n) is 8.90. The first-order valence-electron chi connectivity index (χ1n) is 24.9. The second-order valence-corrected chi connectivity index (χ2v) is 18.0. The van der Waals surface area contributed by atoms with Crippen molar-refractivity contribution >= 4 is 0 Å². The van der Waals surface area contributed by atoms with Gasteiger partial charge in [-0.15, -0.1) is 0 Å². The molecule has 380 valence electrons. The van der Waals surface area contributed by atoms with Gasteiger partial charge >= 0.3 is 0 Å². The normalized spacial score (nSPS) is 23.9. The maximum atomic E-state index is 12.7. The summed E-state index contributed by atoms with van der Waals surface area (Å²) in [5.41, 5.74) is 5.67. The molecule has 0 radical (unpaired) electrons. The van der Waals surface area contributed by atoms with Gasteiger partial charge in [-0.3, -0.25) is 0 Å². The molecule has 2 saturated heterocycles. The van der Waals surface area contributed by atoms with E-state index >= 15 is 0 Å². The largest absolute Gasteiger partial charge is 0.497 e. The van der Waals surface area contributed by atoms with Crippen molar-refractivity contribution in [2.75, 3.05) is 20.3 Å². The maximum absolute atomic E-state index is 12.7. The Hall–Kier alpha value is -6.26. The van der Waals surface area contributed by atoms with Crippen molar-refractivity contribution in [3.63, 3.8) is 0 Å². The Morgan fingerprint density at radius 2 is 0.699 bits per heavy atom. The van der Waals surface area contributed by atoms with Crippen molar-refractivity contribution in [3.8, 4) is 11.5 Å². The molecular weight excluding hydrogens is 925 g/mol. The highest BCUT2D eigenvalue weighted by molar-refractivity contribution is 5.31. The molecule has 2 heterocycles. The summed E-state index contributed by atoms with van der Waals surface area (Å²) in [6.07, 6.45) is -9.89. The van der Waals surface area contributed by atoms with Crippen molar-refractivity contribution < 1.29 is 57.2 Å². The molecular formula is C61H64O12. The zero-order valence-electron chi connectivity index (χ0n) is 41.0. The number of ether oxygens (including phenoxy) is 11. The second kappa shape index (κ2) is 27.2. The van der Waals surface area contributed by atoms with Crippen LogP contribution in [-0.4, -0.2) is 86.8 Å². The van der Waals surface area contributed by atoms with Crippen molar-refractivity contribution in [1.82, 2.24) is 0 Å². The summed E-state index contributed by atoms with van der Waals surface area (Å²) >= 11 is 0. The number of benzene rings is 7. The molecule has 7 aromatic carbocycles. The average molecular weight is 989 g/mol. The fourth-order valence-corrected chi connectivity index (χ4v) is 8.90. The molecule has 0 unspecified atom stereocenters. The van der Waals surface area contributed by atoms with Crippen LogP contribution in [0.2, 0.25) is 0 Å². The van der Waals surface area contributed by atoms with Gasteiger partial charge in [-0.1, -0.05) is 182 Å². The van der Waals surface area contributed by atoms with E-state index in [1.807, 2.05) is 206 Å². The Labute approximate surface area is 428 Å². The Balaban J connectivity index is 1.09. The third-order valence-corrected chi connectivity index (χ3v) is 12.7. The summed E-state index contributed by atoms with van der Waals surface area (Å²) in [6, 6.07) is 66.5. The quantitative estimate of drug-likeness (QED) is 0.0587. The number of hydrogen-bond donors (Lipinski definition) is 1. The van der Waals surface area contributed by atoms with Crippen LogP contribution in [0.25, 0.3) is 0 Å². The Morgan fingerprint density at radius 3 is 1.12 bits per heavy atom. The van der Waals surface area contributed by atoms with Gasteiger partial charge in [-0.05, 0) is 57.6 Å². The highest BCUT2D eigenvalue weighted by atomic mass is 16.8. The third kappa shape index (κ3) is 14.9. The molecule has 2 aliphatic rings. The Bertz CT molecular complexity index is 2600. The number of aliphatic hydroxyl groups excluding tert-OH is 1. The molecule has 0 amide bonds. The molecule has 7 aromatic rings. The van der Waals surface area contributed by atoms with Crippen molar-refractivity contribution in [3.05, 3.63) is 240 Å². The average Bonchev–Trinajstić information content (AvgIpc) is 3.44. The minimum Gasteiger partial charge on any atom is -0.497 e. The van der Waals surface area contributed by atoms with E-state index < -0.39 is 61.4 Å². The Kier molecular flexibility index (Phi) is 19.2. The summed E-state index contributed by atoms with van der Waals surface area (Å²) < 4.78 is 73.9. The van der Waals surface area contributed by atoms with Gasteiger partial charge < -0.3 is 57.2 Å². The lowest BCUT2D eigenvalue weighted by atomic mass is 9.96. The highest BCUT2D eigenvalue weighted by Crippen LogP contribution is 2.36. The van der Waals surface area contributed by atoms with Crippen LogP contribution in [0.5, 0.6) is 11.5 Å². The van der Waals surface area contributed by atoms with Gasteiger partial charge in [0.25, 0.3) is 0 Å². The molecule has 0 saturated carbocycles. The van der Waals surface area contributed by atoms with Gasteiger partial charge in [0.05, 0.1) is 60.0 Å². The van der Waals surface area contributed by atoms with Gasteiger partial charge in [0, 0.05) is 0 Å². The summed E-state index contributed by atoms with van der Waals surface area (Å²) in [5, 5.41) is 12.7. The summed E-state index contributed by atoms with van der Waals surface area (Å²) in [4.78, 5) is 0. The molecule has 9 rings (SSSR count). The topological polar surface area (TPSA) is 122 Å². The van der Waals surface area contributed by atoms with Crippen LogP contribution in [0.4, 0.5) is 0 Å². The molecule has 10 atom stereocenters. The minimum atomic E-state index is -1.26. The number of methoxy groups -OCH3 is 1. The van der Waals surface area contributed by atoms with Crippen LogP contribution in [0.3, 0.4) is 0 Å². The van der Waals surface area contributed by atoms with Crippen LogP contribution in [-0.2, 0) is 82.3 Å². The standard InChI is InChI=1S/C61H64O12/c1-63-50-32-34-51(35-33-50)70-61-59(69-41-49-30-18-7-19-31-49)58(68-40-48-28-16-6-17-29-48)56(53(72-61)43-65-37-45-22-10-3-11-23-45)73-60-57(67-39-47-26-14-5-15-27-47)54(62)55(66-38-46-24-12-4-13-25-46)52(71-60)42-64-36-44-20-8-2-9-21-44/h2-35,52-62H,36-43H2,1H3/t52-,53-,54-,55-,56+,57-,58-,59-,60-,61+/m0/s1. The van der Waals surface area contributed by atoms with Crippen LogP contribution in [0.1, 0.15) is 33.4 Å². The van der Waals surface area contributed by atoms with E-state index in [1.165, 1.54) is 0 Å². The monoisotopic (exact) mass is 988 g/mol. The van der Waals surface area contributed by atoms with Crippen LogP contribution in [0.15, 0.2) is 206 Å². The van der Waals surface area contributed by atoms with Gasteiger partial charge in [-0.25, -0.2) is 0 Å². The predicted octanol–water partition coefficient (Wildman–Crippen LogP) is 10.0. The summed E-state index contributed by atoms with van der Waals surface area (Å²) in [6.45, 7) is 1.47. The van der Waals surface area contributed by atoms with E-state index in [1.54, 1.807) is 7.11 Å². The predicted molar refractivity (Wildman–Crippen MR) is 274 cm³/mol. The highest BCUT2D eigenvalue weighted by Gasteiger charge is 2.54. The molecule has 2 fully saturated rings. The second-order valence-electron chi connectivity index (χ2n) is 18.0. The minimum absolute atomic E-state index is 0.0515. The first kappa shape index (κ1) is 51.6. The van der Waals surface area contributed by atoms with E-state index in [0.717, 1.165) is 33.4 Å². The fraction of sp³-hybridized carbons (Fsp3) is 0.311. The van der Waals surface area contributed by atoms with E-state index in [9.17, 15) is 5.11 Å². The lowest BCUT2D eigenvalue weighted by molar-refractivity contribution is -0.369. The third-order valence-electron chi connectivity index (χ3n) is 12.7. The van der Waals surface area contributed by atoms with Gasteiger partial charge in [-0.2, -0.15) is 0 Å². The van der Waals surface area contributed by atoms with Crippen molar-refractivity contribution in [1.29, 1.82) is 0 Å². The van der Waals surface area contributed by atoms with E-state index in [0.29, 0.717) is 24.7 Å².